The first-order valence-electron chi connectivity index (χ1n) is 10.5. The number of hydrogen-bond acceptors (Lipinski definition) is 5. The van der Waals surface area contributed by atoms with Gasteiger partial charge in [-0.05, 0) is 47.3 Å². The van der Waals surface area contributed by atoms with E-state index in [1.165, 1.54) is 24.4 Å². The lowest BCUT2D eigenvalue weighted by molar-refractivity contribution is -0.274. The molecule has 5 aromatic rings. The highest BCUT2D eigenvalue weighted by Gasteiger charge is 2.31. The van der Waals surface area contributed by atoms with Crippen LogP contribution in [-0.4, -0.2) is 32.0 Å². The van der Waals surface area contributed by atoms with Gasteiger partial charge < -0.3 is 20.8 Å². The van der Waals surface area contributed by atoms with Gasteiger partial charge in [0.1, 0.15) is 11.6 Å². The Labute approximate surface area is 196 Å². The number of carbonyl (C=O) groups is 1. The maximum absolute atomic E-state index is 12.6. The van der Waals surface area contributed by atoms with Crippen molar-refractivity contribution in [3.8, 4) is 5.75 Å². The molecule has 0 fully saturated rings. The molecule has 8 nitrogen and oxygen atoms in total. The van der Waals surface area contributed by atoms with Crippen molar-refractivity contribution in [3.05, 3.63) is 83.9 Å². The van der Waals surface area contributed by atoms with E-state index in [1.54, 1.807) is 23.1 Å². The van der Waals surface area contributed by atoms with Gasteiger partial charge in [0, 0.05) is 40.9 Å². The van der Waals surface area contributed by atoms with Gasteiger partial charge in [-0.3, -0.25) is 9.48 Å². The molecule has 4 N–H and O–H groups in total. The van der Waals surface area contributed by atoms with E-state index in [0.717, 1.165) is 16.3 Å². The van der Waals surface area contributed by atoms with Crippen molar-refractivity contribution in [1.29, 1.82) is 0 Å². The van der Waals surface area contributed by atoms with E-state index in [9.17, 15) is 18.0 Å². The Morgan fingerprint density at radius 1 is 1.11 bits per heavy atom. The number of aromatic amines is 1. The molecule has 0 aliphatic rings. The number of aromatic nitrogens is 4. The molecule has 0 aliphatic carbocycles. The van der Waals surface area contributed by atoms with Crippen LogP contribution in [0.15, 0.2) is 67.1 Å². The monoisotopic (exact) mass is 480 g/mol. The predicted octanol–water partition coefficient (Wildman–Crippen LogP) is 4.37. The second kappa shape index (κ2) is 8.67. The first kappa shape index (κ1) is 22.3. The zero-order valence-corrected chi connectivity index (χ0v) is 18.1. The quantitative estimate of drug-likeness (QED) is 0.334. The molecule has 11 heteroatoms. The van der Waals surface area contributed by atoms with Gasteiger partial charge >= 0.3 is 6.36 Å². The van der Waals surface area contributed by atoms with Crippen LogP contribution >= 0.6 is 0 Å². The maximum Gasteiger partial charge on any atom is 0.573 e. The highest BCUT2D eigenvalue weighted by atomic mass is 19.4. The number of rotatable bonds is 6. The second-order valence-electron chi connectivity index (χ2n) is 7.95. The number of hydrogen-bond donors (Lipinski definition) is 3. The number of anilines is 1. The number of nitrogens with one attached hydrogen (secondary N) is 2. The molecule has 3 aromatic heterocycles. The molecular formula is C24H19F3N6O2. The van der Waals surface area contributed by atoms with Crippen molar-refractivity contribution in [2.45, 2.75) is 19.5 Å². The van der Waals surface area contributed by atoms with Crippen LogP contribution in [0.1, 0.15) is 21.6 Å². The fourth-order valence-corrected chi connectivity index (χ4v) is 3.84. The minimum atomic E-state index is -4.75. The van der Waals surface area contributed by atoms with E-state index in [2.05, 4.69) is 25.1 Å². The summed E-state index contributed by atoms with van der Waals surface area (Å²) in [5, 5.41) is 9.44. The molecular weight excluding hydrogens is 461 g/mol. The van der Waals surface area contributed by atoms with Crippen LogP contribution in [0.25, 0.3) is 21.7 Å². The molecule has 0 radical (unpaired) electrons. The Bertz CT molecular complexity index is 1540. The SMILES string of the molecule is Nc1nccc2cc(CNC(=O)c3cnn(Cc4cc5cc(OC(F)(F)F)ccc5[nH]4)c3)ccc12. The van der Waals surface area contributed by atoms with Crippen molar-refractivity contribution in [3.63, 3.8) is 0 Å². The smallest absolute Gasteiger partial charge is 0.406 e. The molecule has 0 saturated carbocycles. The van der Waals surface area contributed by atoms with E-state index in [-0.39, 0.29) is 11.7 Å². The topological polar surface area (TPSA) is 111 Å². The number of ether oxygens (including phenoxy) is 1. The Morgan fingerprint density at radius 3 is 2.80 bits per heavy atom. The fourth-order valence-electron chi connectivity index (χ4n) is 3.84. The first-order chi connectivity index (χ1) is 16.7. The average Bonchev–Trinajstić information content (AvgIpc) is 3.43. The highest BCUT2D eigenvalue weighted by molar-refractivity contribution is 5.94. The molecule has 5 rings (SSSR count). The Balaban J connectivity index is 1.23. The molecule has 35 heavy (non-hydrogen) atoms. The lowest BCUT2D eigenvalue weighted by Crippen LogP contribution is -2.22. The van der Waals surface area contributed by atoms with Crippen LogP contribution in [0.4, 0.5) is 19.0 Å². The van der Waals surface area contributed by atoms with Gasteiger partial charge in [-0.15, -0.1) is 13.2 Å². The largest absolute Gasteiger partial charge is 0.573 e. The van der Waals surface area contributed by atoms with E-state index in [4.69, 9.17) is 5.73 Å². The summed E-state index contributed by atoms with van der Waals surface area (Å²) >= 11 is 0. The van der Waals surface area contributed by atoms with Crippen LogP contribution in [0.5, 0.6) is 5.75 Å². The zero-order valence-electron chi connectivity index (χ0n) is 18.1. The third-order valence-electron chi connectivity index (χ3n) is 5.42. The third-order valence-corrected chi connectivity index (χ3v) is 5.42. The van der Waals surface area contributed by atoms with Crippen molar-refractivity contribution < 1.29 is 22.7 Å². The summed E-state index contributed by atoms with van der Waals surface area (Å²) in [7, 11) is 0. The van der Waals surface area contributed by atoms with Gasteiger partial charge in [-0.2, -0.15) is 5.10 Å². The van der Waals surface area contributed by atoms with E-state index < -0.39 is 6.36 Å². The van der Waals surface area contributed by atoms with Crippen LogP contribution in [-0.2, 0) is 13.1 Å². The molecule has 0 atom stereocenters. The number of benzene rings is 2. The standard InChI is InChI=1S/C24H19F3N6O2/c25-24(26,27)35-19-2-4-21-16(9-19)8-18(32-21)13-33-12-17(11-31-33)23(34)30-10-14-1-3-20-15(7-14)5-6-29-22(20)28/h1-9,11-12,32H,10,13H2,(H2,28,29)(H,30,34). The number of amides is 1. The molecule has 178 valence electrons. The summed E-state index contributed by atoms with van der Waals surface area (Å²) in [6.45, 7) is 0.629. The number of carbonyl (C=O) groups excluding carboxylic acids is 1. The molecule has 1 amide bonds. The number of nitrogens with two attached hydrogens (primary N) is 1. The number of H-pyrrole nitrogens is 1. The average molecular weight is 480 g/mol. The predicted molar refractivity (Wildman–Crippen MR) is 124 cm³/mol. The number of alkyl halides is 3. The summed E-state index contributed by atoms with van der Waals surface area (Å²) in [6.07, 6.45) is -0.0543. The van der Waals surface area contributed by atoms with Crippen molar-refractivity contribution in [1.82, 2.24) is 25.1 Å². The van der Waals surface area contributed by atoms with Gasteiger partial charge in [0.15, 0.2) is 0 Å². The lowest BCUT2D eigenvalue weighted by atomic mass is 10.1. The van der Waals surface area contributed by atoms with Gasteiger partial charge in [0.05, 0.1) is 18.3 Å². The molecule has 0 aliphatic heterocycles. The van der Waals surface area contributed by atoms with Crippen LogP contribution in [0, 0.1) is 0 Å². The number of nitrogens with zero attached hydrogens (tertiary/aromatic N) is 3. The molecule has 0 bridgehead atoms. The first-order valence-corrected chi connectivity index (χ1v) is 10.5. The van der Waals surface area contributed by atoms with Gasteiger partial charge in [-0.1, -0.05) is 12.1 Å². The van der Waals surface area contributed by atoms with Crippen LogP contribution in [0.3, 0.4) is 0 Å². The number of halogens is 3. The van der Waals surface area contributed by atoms with Crippen molar-refractivity contribution >= 4 is 33.4 Å². The summed E-state index contributed by atoms with van der Waals surface area (Å²) < 4.78 is 42.9. The minimum absolute atomic E-state index is 0.281. The molecule has 0 unspecified atom stereocenters. The summed E-state index contributed by atoms with van der Waals surface area (Å²) in [4.78, 5) is 19.8. The highest BCUT2D eigenvalue weighted by Crippen LogP contribution is 2.27. The van der Waals surface area contributed by atoms with Crippen molar-refractivity contribution in [2.24, 2.45) is 0 Å². The van der Waals surface area contributed by atoms with E-state index in [1.807, 2.05) is 24.3 Å². The fraction of sp³-hybridized carbons (Fsp3) is 0.125. The van der Waals surface area contributed by atoms with Gasteiger partial charge in [0.2, 0.25) is 0 Å². The Hall–Kier alpha value is -4.54. The third kappa shape index (κ3) is 5.03. The normalized spacial score (nSPS) is 11.7. The molecule has 2 aromatic carbocycles. The van der Waals surface area contributed by atoms with Crippen LogP contribution < -0.4 is 15.8 Å². The molecule has 0 spiro atoms. The van der Waals surface area contributed by atoms with Crippen LogP contribution in [0.2, 0.25) is 0 Å². The Morgan fingerprint density at radius 2 is 1.97 bits per heavy atom. The van der Waals surface area contributed by atoms with Crippen molar-refractivity contribution in [2.75, 3.05) is 5.73 Å². The summed E-state index contributed by atoms with van der Waals surface area (Å²) in [5.41, 5.74) is 8.54. The second-order valence-corrected chi connectivity index (χ2v) is 7.95. The van der Waals surface area contributed by atoms with E-state index in [0.29, 0.717) is 41.1 Å². The molecule has 3 heterocycles. The minimum Gasteiger partial charge on any atom is -0.406 e. The number of nitrogen functional groups attached to an aromatic ring is 1. The Kier molecular flexibility index (Phi) is 5.51. The summed E-state index contributed by atoms with van der Waals surface area (Å²) in [6, 6.07) is 13.3. The van der Waals surface area contributed by atoms with E-state index >= 15 is 0 Å². The number of fused-ring (bicyclic) bond motifs is 2. The van der Waals surface area contributed by atoms with Gasteiger partial charge in [-0.25, -0.2) is 4.98 Å². The molecule has 0 saturated heterocycles. The maximum atomic E-state index is 12.6. The lowest BCUT2D eigenvalue weighted by Gasteiger charge is -2.08. The zero-order chi connectivity index (χ0) is 24.6. The summed E-state index contributed by atoms with van der Waals surface area (Å²) in [5.74, 6) is -0.119. The number of pyridine rings is 1. The van der Waals surface area contributed by atoms with Gasteiger partial charge in [0.25, 0.3) is 5.91 Å².